The predicted octanol–water partition coefficient (Wildman–Crippen LogP) is 3.65. The number of halogens is 4. The van der Waals surface area contributed by atoms with E-state index in [1.54, 1.807) is 0 Å². The minimum Gasteiger partial charge on any atom is -0.459 e. The summed E-state index contributed by atoms with van der Waals surface area (Å²) in [6.45, 7) is 4.23. The molecule has 17 heavy (non-hydrogen) atoms. The minimum absolute atomic E-state index is 0.0415. The molecule has 0 saturated heterocycles. The molecule has 0 unspecified atom stereocenters. The van der Waals surface area contributed by atoms with Crippen LogP contribution in [-0.2, 0) is 9.53 Å². The van der Waals surface area contributed by atoms with Crippen molar-refractivity contribution in [3.8, 4) is 0 Å². The second-order valence-corrected chi connectivity index (χ2v) is 4.74. The molecule has 0 rings (SSSR count). The van der Waals surface area contributed by atoms with Crippen LogP contribution in [0.4, 0.5) is 17.6 Å². The van der Waals surface area contributed by atoms with Crippen molar-refractivity contribution in [2.45, 2.75) is 52.4 Å². The van der Waals surface area contributed by atoms with Gasteiger partial charge < -0.3 is 4.74 Å². The van der Waals surface area contributed by atoms with Crippen molar-refractivity contribution in [1.29, 1.82) is 0 Å². The fraction of sp³-hybridized carbons (Fsp3) is 0.909. The van der Waals surface area contributed by atoms with Crippen molar-refractivity contribution in [1.82, 2.24) is 0 Å². The number of alkyl halides is 4. The molecule has 0 radical (unpaired) electrons. The summed E-state index contributed by atoms with van der Waals surface area (Å²) < 4.78 is 52.5. The van der Waals surface area contributed by atoms with Gasteiger partial charge in [0, 0.05) is 6.42 Å². The Hall–Kier alpha value is -0.810. The molecule has 0 aliphatic heterocycles. The van der Waals surface area contributed by atoms with Crippen LogP contribution in [0.5, 0.6) is 0 Å². The van der Waals surface area contributed by atoms with E-state index in [2.05, 4.69) is 4.74 Å². The Kier molecular flexibility index (Phi) is 5.92. The third kappa shape index (κ3) is 6.48. The van der Waals surface area contributed by atoms with Gasteiger partial charge in [0.25, 0.3) is 0 Å². The van der Waals surface area contributed by atoms with Gasteiger partial charge in [-0.15, -0.1) is 0 Å². The van der Waals surface area contributed by atoms with E-state index in [1.165, 1.54) is 0 Å². The van der Waals surface area contributed by atoms with Crippen molar-refractivity contribution in [2.24, 2.45) is 5.41 Å². The summed E-state index contributed by atoms with van der Waals surface area (Å²) in [5.74, 6) is -5.14. The van der Waals surface area contributed by atoms with E-state index in [0.29, 0.717) is 6.42 Å². The molecular formula is C11H18F4O2. The van der Waals surface area contributed by atoms with E-state index in [0.717, 1.165) is 6.42 Å². The highest BCUT2D eigenvalue weighted by molar-refractivity contribution is 5.69. The van der Waals surface area contributed by atoms with Gasteiger partial charge >= 0.3 is 18.3 Å². The number of carbonyl (C=O) groups excluding carboxylic acids is 1. The Morgan fingerprint density at radius 3 is 2.24 bits per heavy atom. The number of carbonyl (C=O) groups is 1. The quantitative estimate of drug-likeness (QED) is 0.514. The average molecular weight is 258 g/mol. The monoisotopic (exact) mass is 258 g/mol. The highest BCUT2D eigenvalue weighted by atomic mass is 19.3. The normalized spacial score (nSPS) is 12.9. The average Bonchev–Trinajstić information content (AvgIpc) is 2.23. The van der Waals surface area contributed by atoms with Gasteiger partial charge in [-0.2, -0.15) is 8.78 Å². The lowest BCUT2D eigenvalue weighted by Crippen LogP contribution is -2.33. The first-order valence-electron chi connectivity index (χ1n) is 5.42. The number of hydrogen-bond donors (Lipinski definition) is 0. The highest BCUT2D eigenvalue weighted by Crippen LogP contribution is 2.27. The molecule has 0 aromatic carbocycles. The van der Waals surface area contributed by atoms with E-state index in [9.17, 15) is 22.4 Å². The van der Waals surface area contributed by atoms with Crippen LogP contribution in [0, 0.1) is 5.41 Å². The summed E-state index contributed by atoms with van der Waals surface area (Å²) in [5.41, 5.74) is -0.0930. The minimum atomic E-state index is -4.27. The maximum Gasteiger partial charge on any atom is 0.340 e. The molecule has 0 bridgehead atoms. The Morgan fingerprint density at radius 1 is 1.29 bits per heavy atom. The molecule has 0 aliphatic rings. The number of esters is 1. The molecule has 0 fully saturated rings. The van der Waals surface area contributed by atoms with Crippen LogP contribution in [0.3, 0.4) is 0 Å². The van der Waals surface area contributed by atoms with Gasteiger partial charge in [-0.1, -0.05) is 27.2 Å². The van der Waals surface area contributed by atoms with Gasteiger partial charge in [0.1, 0.15) is 0 Å². The second kappa shape index (κ2) is 6.21. The third-order valence-corrected chi connectivity index (χ3v) is 2.71. The van der Waals surface area contributed by atoms with Crippen molar-refractivity contribution in [3.63, 3.8) is 0 Å². The molecule has 0 aromatic rings. The molecule has 0 aromatic heterocycles. The molecule has 0 spiro atoms. The van der Waals surface area contributed by atoms with Crippen molar-refractivity contribution < 1.29 is 27.1 Å². The zero-order chi connectivity index (χ0) is 13.7. The molecule has 102 valence electrons. The number of hydrogen-bond acceptors (Lipinski definition) is 2. The van der Waals surface area contributed by atoms with E-state index in [4.69, 9.17) is 0 Å². The van der Waals surface area contributed by atoms with Gasteiger partial charge in [-0.25, -0.2) is 8.78 Å². The van der Waals surface area contributed by atoms with Crippen molar-refractivity contribution in [3.05, 3.63) is 0 Å². The van der Waals surface area contributed by atoms with Crippen LogP contribution in [0.1, 0.15) is 40.0 Å². The van der Waals surface area contributed by atoms with Gasteiger partial charge in [0.2, 0.25) is 0 Å². The lowest BCUT2D eigenvalue weighted by Gasteiger charge is -2.22. The largest absolute Gasteiger partial charge is 0.459 e. The number of rotatable bonds is 7. The van der Waals surface area contributed by atoms with Crippen LogP contribution in [-0.4, -0.2) is 24.9 Å². The van der Waals surface area contributed by atoms with Crippen molar-refractivity contribution >= 4 is 5.97 Å². The van der Waals surface area contributed by atoms with Gasteiger partial charge in [0.15, 0.2) is 6.61 Å². The molecule has 6 heteroatoms. The SMILES string of the molecule is CCC(C)(C)CCC(=O)OCC(F)(F)C(F)F. The molecule has 0 amide bonds. The smallest absolute Gasteiger partial charge is 0.340 e. The Balaban J connectivity index is 3.97. The highest BCUT2D eigenvalue weighted by Gasteiger charge is 2.42. The Bertz CT molecular complexity index is 252. The lowest BCUT2D eigenvalue weighted by molar-refractivity contribution is -0.180. The predicted molar refractivity (Wildman–Crippen MR) is 55.2 cm³/mol. The third-order valence-electron chi connectivity index (χ3n) is 2.71. The lowest BCUT2D eigenvalue weighted by atomic mass is 9.85. The first-order valence-corrected chi connectivity index (χ1v) is 5.42. The zero-order valence-electron chi connectivity index (χ0n) is 10.2. The van der Waals surface area contributed by atoms with E-state index < -0.39 is 24.9 Å². The molecule has 0 aliphatic carbocycles. The zero-order valence-corrected chi connectivity index (χ0v) is 10.2. The van der Waals surface area contributed by atoms with Crippen molar-refractivity contribution in [2.75, 3.05) is 6.61 Å². The maximum atomic E-state index is 12.4. The maximum absolute atomic E-state index is 12.4. The van der Waals surface area contributed by atoms with Crippen LogP contribution >= 0.6 is 0 Å². The van der Waals surface area contributed by atoms with Gasteiger partial charge in [-0.05, 0) is 11.8 Å². The first-order chi connectivity index (χ1) is 7.60. The summed E-state index contributed by atoms with van der Waals surface area (Å²) in [6, 6.07) is 0. The van der Waals surface area contributed by atoms with E-state index >= 15 is 0 Å². The summed E-state index contributed by atoms with van der Waals surface area (Å²) in [6.07, 6.45) is -2.56. The first kappa shape index (κ1) is 16.2. The standard InChI is InChI=1S/C11H18F4O2/c1-4-10(2,3)6-5-8(16)17-7-11(14,15)9(12)13/h9H,4-7H2,1-3H3. The molecule has 0 heterocycles. The van der Waals surface area contributed by atoms with Crippen LogP contribution in [0.25, 0.3) is 0 Å². The van der Waals surface area contributed by atoms with Crippen LogP contribution in [0.15, 0.2) is 0 Å². The molecule has 0 N–H and O–H groups in total. The fourth-order valence-corrected chi connectivity index (χ4v) is 0.929. The Morgan fingerprint density at radius 2 is 1.82 bits per heavy atom. The fourth-order valence-electron chi connectivity index (χ4n) is 0.929. The molecular weight excluding hydrogens is 240 g/mol. The summed E-state index contributed by atoms with van der Waals surface area (Å²) in [5, 5.41) is 0. The second-order valence-electron chi connectivity index (χ2n) is 4.74. The topological polar surface area (TPSA) is 26.3 Å². The van der Waals surface area contributed by atoms with Crippen LogP contribution in [0.2, 0.25) is 0 Å². The summed E-state index contributed by atoms with van der Waals surface area (Å²) >= 11 is 0. The summed E-state index contributed by atoms with van der Waals surface area (Å²) in [7, 11) is 0. The number of ether oxygens (including phenoxy) is 1. The van der Waals surface area contributed by atoms with E-state index in [-0.39, 0.29) is 11.8 Å². The van der Waals surface area contributed by atoms with Crippen LogP contribution < -0.4 is 0 Å². The Labute approximate surface area is 98.3 Å². The summed E-state index contributed by atoms with van der Waals surface area (Å²) in [4.78, 5) is 11.1. The molecule has 2 nitrogen and oxygen atoms in total. The molecule has 0 saturated carbocycles. The van der Waals surface area contributed by atoms with E-state index in [1.807, 2.05) is 20.8 Å². The van der Waals surface area contributed by atoms with Gasteiger partial charge in [0.05, 0.1) is 0 Å². The molecule has 0 atom stereocenters. The van der Waals surface area contributed by atoms with Gasteiger partial charge in [-0.3, -0.25) is 4.79 Å².